The number of carbonyl (C=O) groups is 2. The van der Waals surface area contributed by atoms with Crippen LogP contribution >= 0.6 is 0 Å². The third-order valence-electron chi connectivity index (χ3n) is 2.68. The second-order valence-corrected chi connectivity index (χ2v) is 3.95. The van der Waals surface area contributed by atoms with Crippen LogP contribution in [0.1, 0.15) is 19.8 Å². The van der Waals surface area contributed by atoms with Crippen LogP contribution < -0.4 is 0 Å². The molecule has 0 aromatic rings. The summed E-state index contributed by atoms with van der Waals surface area (Å²) in [5, 5.41) is 18.3. The lowest BCUT2D eigenvalue weighted by Crippen LogP contribution is -2.35. The van der Waals surface area contributed by atoms with Gasteiger partial charge in [0, 0.05) is 6.08 Å². The first kappa shape index (κ1) is 16.6. The van der Waals surface area contributed by atoms with Crippen molar-refractivity contribution in [1.82, 2.24) is 0 Å². The maximum atomic E-state index is 11.3. The van der Waals surface area contributed by atoms with Crippen LogP contribution in [0.25, 0.3) is 0 Å². The lowest BCUT2D eigenvalue weighted by molar-refractivity contribution is -0.152. The molecule has 18 heavy (non-hydrogen) atoms. The van der Waals surface area contributed by atoms with Crippen molar-refractivity contribution in [2.24, 2.45) is 5.41 Å². The predicted molar refractivity (Wildman–Crippen MR) is 63.6 cm³/mol. The van der Waals surface area contributed by atoms with Crippen molar-refractivity contribution in [3.05, 3.63) is 12.7 Å². The van der Waals surface area contributed by atoms with Crippen molar-refractivity contribution in [2.45, 2.75) is 19.8 Å². The van der Waals surface area contributed by atoms with Gasteiger partial charge in [-0.3, -0.25) is 4.79 Å². The van der Waals surface area contributed by atoms with E-state index in [9.17, 15) is 9.59 Å². The fourth-order valence-electron chi connectivity index (χ4n) is 1.07. The number of aliphatic hydroxyl groups excluding tert-OH is 2. The zero-order valence-corrected chi connectivity index (χ0v) is 10.6. The Kier molecular flexibility index (Phi) is 7.98. The molecule has 0 rings (SSSR count). The quantitative estimate of drug-likeness (QED) is 0.449. The molecule has 0 heterocycles. The number of ether oxygens (including phenoxy) is 2. The Morgan fingerprint density at radius 3 is 2.33 bits per heavy atom. The van der Waals surface area contributed by atoms with Gasteiger partial charge < -0.3 is 19.7 Å². The number of carbonyl (C=O) groups excluding carboxylic acids is 2. The Morgan fingerprint density at radius 1 is 1.28 bits per heavy atom. The largest absolute Gasteiger partial charge is 0.465 e. The number of rotatable bonds is 9. The van der Waals surface area contributed by atoms with Crippen LogP contribution in [-0.4, -0.2) is 48.6 Å². The Morgan fingerprint density at radius 2 is 1.89 bits per heavy atom. The van der Waals surface area contributed by atoms with Gasteiger partial charge in [0.15, 0.2) is 0 Å². The van der Waals surface area contributed by atoms with Gasteiger partial charge in [0.25, 0.3) is 0 Å². The van der Waals surface area contributed by atoms with Crippen LogP contribution in [0.5, 0.6) is 0 Å². The van der Waals surface area contributed by atoms with Gasteiger partial charge in [-0.05, 0) is 6.42 Å². The van der Waals surface area contributed by atoms with Crippen LogP contribution in [0.3, 0.4) is 0 Å². The molecule has 0 atom stereocenters. The highest BCUT2D eigenvalue weighted by molar-refractivity contribution is 5.81. The molecule has 0 saturated carbocycles. The fourth-order valence-corrected chi connectivity index (χ4v) is 1.07. The highest BCUT2D eigenvalue weighted by Gasteiger charge is 2.28. The summed E-state index contributed by atoms with van der Waals surface area (Å²) in [5.74, 6) is -1.15. The van der Waals surface area contributed by atoms with Crippen LogP contribution in [-0.2, 0) is 19.1 Å². The number of aliphatic hydroxyl groups is 2. The van der Waals surface area contributed by atoms with Gasteiger partial charge in [0.1, 0.15) is 13.2 Å². The van der Waals surface area contributed by atoms with Gasteiger partial charge in [-0.1, -0.05) is 13.5 Å². The minimum absolute atomic E-state index is 0.0647. The summed E-state index contributed by atoms with van der Waals surface area (Å²) < 4.78 is 9.54. The van der Waals surface area contributed by atoms with Crippen molar-refractivity contribution >= 4 is 11.9 Å². The molecular formula is C12H20O6. The van der Waals surface area contributed by atoms with E-state index < -0.39 is 17.4 Å². The average molecular weight is 260 g/mol. The fraction of sp³-hybridized carbons (Fsp3) is 0.667. The normalized spacial score (nSPS) is 10.8. The molecule has 0 bridgehead atoms. The summed E-state index contributed by atoms with van der Waals surface area (Å²) in [6.45, 7) is 4.32. The number of hydrogen-bond acceptors (Lipinski definition) is 6. The molecule has 0 radical (unpaired) electrons. The van der Waals surface area contributed by atoms with Gasteiger partial charge >= 0.3 is 11.9 Å². The monoisotopic (exact) mass is 260 g/mol. The van der Waals surface area contributed by atoms with Crippen molar-refractivity contribution < 1.29 is 29.3 Å². The van der Waals surface area contributed by atoms with Gasteiger partial charge in [0.05, 0.1) is 25.0 Å². The van der Waals surface area contributed by atoms with E-state index >= 15 is 0 Å². The van der Waals surface area contributed by atoms with E-state index in [1.54, 1.807) is 6.92 Å². The lowest BCUT2D eigenvalue weighted by Gasteiger charge is -2.27. The Bertz CT molecular complexity index is 274. The van der Waals surface area contributed by atoms with E-state index in [4.69, 9.17) is 14.9 Å². The summed E-state index contributed by atoms with van der Waals surface area (Å²) in [7, 11) is 0. The minimum atomic E-state index is -0.812. The second-order valence-electron chi connectivity index (χ2n) is 3.95. The number of esters is 2. The standard InChI is InChI=1S/C12H20O6/c1-3-10(15)17-6-5-11(16)18-9-12(4-2,7-13)8-14/h3,13-14H,1,4-9H2,2H3. The topological polar surface area (TPSA) is 93.1 Å². The first-order valence-electron chi connectivity index (χ1n) is 5.70. The first-order valence-corrected chi connectivity index (χ1v) is 5.70. The Hall–Kier alpha value is -1.40. The van der Waals surface area contributed by atoms with Crippen molar-refractivity contribution in [2.75, 3.05) is 26.4 Å². The molecule has 0 spiro atoms. The van der Waals surface area contributed by atoms with E-state index in [0.29, 0.717) is 6.42 Å². The molecule has 0 aliphatic heterocycles. The van der Waals surface area contributed by atoms with Crippen molar-refractivity contribution in [3.63, 3.8) is 0 Å². The van der Waals surface area contributed by atoms with Gasteiger partial charge in [-0.2, -0.15) is 0 Å². The molecule has 2 N–H and O–H groups in total. The summed E-state index contributed by atoms with van der Waals surface area (Å²) in [4.78, 5) is 22.0. The lowest BCUT2D eigenvalue weighted by atomic mass is 9.88. The van der Waals surface area contributed by atoms with E-state index in [1.165, 1.54) is 0 Å². The van der Waals surface area contributed by atoms with Crippen LogP contribution in [0.15, 0.2) is 12.7 Å². The van der Waals surface area contributed by atoms with Crippen LogP contribution in [0, 0.1) is 5.41 Å². The molecule has 0 unspecified atom stereocenters. The third kappa shape index (κ3) is 5.79. The molecule has 0 fully saturated rings. The Labute approximate surface area is 106 Å². The van der Waals surface area contributed by atoms with Gasteiger partial charge in [-0.25, -0.2) is 4.79 Å². The Balaban J connectivity index is 3.95. The molecule has 0 aromatic heterocycles. The molecular weight excluding hydrogens is 240 g/mol. The second kappa shape index (κ2) is 8.66. The smallest absolute Gasteiger partial charge is 0.330 e. The van der Waals surface area contributed by atoms with Gasteiger partial charge in [-0.15, -0.1) is 0 Å². The SMILES string of the molecule is C=CC(=O)OCCC(=O)OCC(CC)(CO)CO. The third-order valence-corrected chi connectivity index (χ3v) is 2.68. The number of hydrogen-bond donors (Lipinski definition) is 2. The van der Waals surface area contributed by atoms with E-state index in [-0.39, 0.29) is 32.8 Å². The minimum Gasteiger partial charge on any atom is -0.465 e. The first-order chi connectivity index (χ1) is 8.53. The summed E-state index contributed by atoms with van der Waals surface area (Å²) >= 11 is 0. The van der Waals surface area contributed by atoms with Gasteiger partial charge in [0.2, 0.25) is 0 Å². The maximum absolute atomic E-state index is 11.3. The summed E-state index contributed by atoms with van der Waals surface area (Å²) in [5.41, 5.74) is -0.812. The molecule has 104 valence electrons. The zero-order valence-electron chi connectivity index (χ0n) is 10.6. The highest BCUT2D eigenvalue weighted by atomic mass is 16.5. The maximum Gasteiger partial charge on any atom is 0.330 e. The van der Waals surface area contributed by atoms with Crippen molar-refractivity contribution in [3.8, 4) is 0 Å². The van der Waals surface area contributed by atoms with E-state index in [0.717, 1.165) is 6.08 Å². The molecule has 0 aliphatic rings. The van der Waals surface area contributed by atoms with Crippen molar-refractivity contribution in [1.29, 1.82) is 0 Å². The zero-order chi connectivity index (χ0) is 14.0. The molecule has 6 nitrogen and oxygen atoms in total. The summed E-state index contributed by atoms with van der Waals surface area (Å²) in [6.07, 6.45) is 1.42. The van der Waals surface area contributed by atoms with E-state index in [2.05, 4.69) is 11.3 Å². The highest BCUT2D eigenvalue weighted by Crippen LogP contribution is 2.20. The molecule has 0 amide bonds. The van der Waals surface area contributed by atoms with Crippen LogP contribution in [0.4, 0.5) is 0 Å². The molecule has 6 heteroatoms. The molecule has 0 aliphatic carbocycles. The predicted octanol–water partition coefficient (Wildman–Crippen LogP) is 0.0299. The van der Waals surface area contributed by atoms with E-state index in [1.807, 2.05) is 0 Å². The van der Waals surface area contributed by atoms with Crippen LogP contribution in [0.2, 0.25) is 0 Å². The average Bonchev–Trinajstić information content (AvgIpc) is 2.40. The summed E-state index contributed by atoms with van der Waals surface area (Å²) in [6, 6.07) is 0. The molecule has 0 aromatic carbocycles. The molecule has 0 saturated heterocycles.